The second-order valence-electron chi connectivity index (χ2n) is 6.70. The van der Waals surface area contributed by atoms with Crippen LogP contribution in [-0.2, 0) is 4.74 Å². The molecule has 2 aromatic heterocycles. The number of phenolic OH excluding ortho intramolecular Hbond substituents is 2. The molecule has 31 heavy (non-hydrogen) atoms. The van der Waals surface area contributed by atoms with Gasteiger partial charge in [0.1, 0.15) is 16.9 Å². The number of aromatic nitrogens is 3. The second kappa shape index (κ2) is 8.28. The average molecular weight is 420 g/mol. The summed E-state index contributed by atoms with van der Waals surface area (Å²) < 4.78 is 6.30. The lowest BCUT2D eigenvalue weighted by atomic mass is 10.2. The van der Waals surface area contributed by atoms with Gasteiger partial charge in [0.05, 0.1) is 23.9 Å². The molecule has 0 saturated heterocycles. The predicted molar refractivity (Wildman–Crippen MR) is 116 cm³/mol. The van der Waals surface area contributed by atoms with Crippen LogP contribution >= 0.6 is 0 Å². The van der Waals surface area contributed by atoms with E-state index in [1.807, 2.05) is 12.1 Å². The molecule has 0 spiro atoms. The number of amides is 1. The second-order valence-corrected chi connectivity index (χ2v) is 6.70. The van der Waals surface area contributed by atoms with Crippen LogP contribution in [0.15, 0.2) is 47.6 Å². The molecule has 5 N–H and O–H groups in total. The van der Waals surface area contributed by atoms with Crippen molar-refractivity contribution in [3.05, 3.63) is 53.6 Å². The zero-order chi connectivity index (χ0) is 22.0. The van der Waals surface area contributed by atoms with E-state index >= 15 is 0 Å². The number of methoxy groups -OCH3 is 1. The summed E-state index contributed by atoms with van der Waals surface area (Å²) in [4.78, 5) is 22.0. The van der Waals surface area contributed by atoms with Crippen molar-refractivity contribution in [1.29, 1.82) is 0 Å². The van der Waals surface area contributed by atoms with Crippen LogP contribution in [0.3, 0.4) is 0 Å². The number of nitrogen functional groups attached to an aromatic ring is 1. The Kier molecular flexibility index (Phi) is 5.37. The summed E-state index contributed by atoms with van der Waals surface area (Å²) in [6.45, 7) is 0.653. The van der Waals surface area contributed by atoms with Gasteiger partial charge in [-0.3, -0.25) is 4.79 Å². The summed E-state index contributed by atoms with van der Waals surface area (Å²) in [6.07, 6.45) is 1.43. The third kappa shape index (κ3) is 3.83. The molecule has 0 fully saturated rings. The first-order valence-corrected chi connectivity index (χ1v) is 9.39. The number of ether oxygens (including phenoxy) is 1. The molecule has 0 aliphatic rings. The number of nitrogens with two attached hydrogens (primary N) is 1. The van der Waals surface area contributed by atoms with E-state index < -0.39 is 5.91 Å². The zero-order valence-electron chi connectivity index (χ0n) is 16.6. The van der Waals surface area contributed by atoms with Gasteiger partial charge in [-0.1, -0.05) is 12.1 Å². The van der Waals surface area contributed by atoms with Gasteiger partial charge in [-0.05, 0) is 35.9 Å². The van der Waals surface area contributed by atoms with Crippen LogP contribution in [0.5, 0.6) is 11.5 Å². The summed E-state index contributed by atoms with van der Waals surface area (Å²) in [5, 5.41) is 26.3. The molecule has 0 aliphatic carbocycles. The van der Waals surface area contributed by atoms with Crippen molar-refractivity contribution in [2.45, 2.75) is 0 Å². The van der Waals surface area contributed by atoms with Crippen molar-refractivity contribution in [3.8, 4) is 11.5 Å². The summed E-state index contributed by atoms with van der Waals surface area (Å²) >= 11 is 0. The molecule has 4 rings (SSSR count). The van der Waals surface area contributed by atoms with E-state index in [0.29, 0.717) is 40.9 Å². The molecular weight excluding hydrogens is 400 g/mol. The molecule has 0 aliphatic heterocycles. The lowest BCUT2D eigenvalue weighted by molar-refractivity contribution is 0.0939. The molecule has 10 heteroatoms. The molecular formula is C21H20N6O4. The largest absolute Gasteiger partial charge is 0.504 e. The molecule has 2 heterocycles. The highest BCUT2D eigenvalue weighted by molar-refractivity contribution is 6.10. The molecule has 0 saturated carbocycles. The van der Waals surface area contributed by atoms with E-state index in [1.165, 1.54) is 23.0 Å². The summed E-state index contributed by atoms with van der Waals surface area (Å²) in [5.74, 6) is -0.867. The number of hydrogen-bond donors (Lipinski definition) is 4. The van der Waals surface area contributed by atoms with Crippen molar-refractivity contribution >= 4 is 40.1 Å². The lowest BCUT2D eigenvalue weighted by Crippen LogP contribution is -2.27. The summed E-state index contributed by atoms with van der Waals surface area (Å²) in [7, 11) is 1.54. The maximum atomic E-state index is 12.8. The number of phenols is 2. The SMILES string of the molecule is COCCNC(=O)c1c(N)n(/N=C\c2ccc(O)c(O)c2)c2nc3ccccc3nc12. The van der Waals surface area contributed by atoms with Gasteiger partial charge in [-0.25, -0.2) is 9.97 Å². The molecule has 0 atom stereocenters. The first-order chi connectivity index (χ1) is 15.0. The molecule has 10 nitrogen and oxygen atoms in total. The molecule has 2 aromatic carbocycles. The molecule has 158 valence electrons. The van der Waals surface area contributed by atoms with Crippen molar-refractivity contribution in [2.24, 2.45) is 5.10 Å². The summed E-state index contributed by atoms with van der Waals surface area (Å²) in [6, 6.07) is 11.5. The van der Waals surface area contributed by atoms with Crippen LogP contribution in [0, 0.1) is 0 Å². The summed E-state index contributed by atoms with van der Waals surface area (Å²) in [5.41, 5.74) is 8.83. The lowest BCUT2D eigenvalue weighted by Gasteiger charge is -2.04. The van der Waals surface area contributed by atoms with Crippen LogP contribution in [0.2, 0.25) is 0 Å². The Bertz CT molecular complexity index is 1310. The van der Waals surface area contributed by atoms with Crippen molar-refractivity contribution in [1.82, 2.24) is 20.0 Å². The van der Waals surface area contributed by atoms with Crippen LogP contribution < -0.4 is 11.1 Å². The Morgan fingerprint density at radius 1 is 1.19 bits per heavy atom. The van der Waals surface area contributed by atoms with Crippen molar-refractivity contribution in [2.75, 3.05) is 26.0 Å². The fourth-order valence-corrected chi connectivity index (χ4v) is 3.09. The van der Waals surface area contributed by atoms with Gasteiger partial charge in [-0.2, -0.15) is 9.78 Å². The first-order valence-electron chi connectivity index (χ1n) is 9.39. The van der Waals surface area contributed by atoms with Crippen LogP contribution in [-0.4, -0.2) is 57.2 Å². The van der Waals surface area contributed by atoms with Gasteiger partial charge in [0.15, 0.2) is 17.1 Å². The van der Waals surface area contributed by atoms with Crippen LogP contribution in [0.1, 0.15) is 15.9 Å². The number of para-hydroxylation sites is 2. The van der Waals surface area contributed by atoms with Gasteiger partial charge in [-0.15, -0.1) is 0 Å². The Labute approximate surface area is 176 Å². The number of aromatic hydroxyl groups is 2. The molecule has 4 aromatic rings. The maximum absolute atomic E-state index is 12.8. The quantitative estimate of drug-likeness (QED) is 0.211. The van der Waals surface area contributed by atoms with Gasteiger partial charge >= 0.3 is 0 Å². The third-order valence-corrected chi connectivity index (χ3v) is 4.61. The molecule has 1 amide bonds. The number of carbonyl (C=O) groups excluding carboxylic acids is 1. The molecule has 0 bridgehead atoms. The van der Waals surface area contributed by atoms with Gasteiger partial charge in [0.25, 0.3) is 5.91 Å². The monoisotopic (exact) mass is 420 g/mol. The fourth-order valence-electron chi connectivity index (χ4n) is 3.09. The number of hydrogen-bond acceptors (Lipinski definition) is 8. The normalized spacial score (nSPS) is 11.5. The highest BCUT2D eigenvalue weighted by Gasteiger charge is 2.23. The zero-order valence-corrected chi connectivity index (χ0v) is 16.6. The first kappa shape index (κ1) is 20.1. The number of rotatable bonds is 6. The van der Waals surface area contributed by atoms with Gasteiger partial charge in [0.2, 0.25) is 0 Å². The average Bonchev–Trinajstić information content (AvgIpc) is 3.03. The number of benzene rings is 2. The minimum Gasteiger partial charge on any atom is -0.504 e. The highest BCUT2D eigenvalue weighted by atomic mass is 16.5. The maximum Gasteiger partial charge on any atom is 0.257 e. The minimum absolute atomic E-state index is 0.0690. The van der Waals surface area contributed by atoms with Crippen molar-refractivity contribution in [3.63, 3.8) is 0 Å². The predicted octanol–water partition coefficient (Wildman–Crippen LogP) is 1.84. The van der Waals surface area contributed by atoms with E-state index in [1.54, 1.807) is 25.3 Å². The number of anilines is 1. The van der Waals surface area contributed by atoms with E-state index in [-0.39, 0.29) is 22.9 Å². The van der Waals surface area contributed by atoms with Crippen LogP contribution in [0.4, 0.5) is 5.82 Å². The van der Waals surface area contributed by atoms with E-state index in [4.69, 9.17) is 10.5 Å². The Morgan fingerprint density at radius 3 is 2.65 bits per heavy atom. The van der Waals surface area contributed by atoms with Gasteiger partial charge < -0.3 is 26.0 Å². The van der Waals surface area contributed by atoms with E-state index in [9.17, 15) is 15.0 Å². The topological polar surface area (TPSA) is 148 Å². The fraction of sp³-hybridized carbons (Fsp3) is 0.143. The Balaban J connectivity index is 1.86. The van der Waals surface area contributed by atoms with Gasteiger partial charge in [0, 0.05) is 13.7 Å². The number of fused-ring (bicyclic) bond motifs is 2. The number of carbonyl (C=O) groups is 1. The Hall–Kier alpha value is -4.18. The Morgan fingerprint density at radius 2 is 1.94 bits per heavy atom. The van der Waals surface area contributed by atoms with Crippen LogP contribution in [0.25, 0.3) is 22.2 Å². The smallest absolute Gasteiger partial charge is 0.257 e. The van der Waals surface area contributed by atoms with E-state index in [0.717, 1.165) is 0 Å². The standard InChI is InChI=1S/C21H20N6O4/c1-31-9-8-23-21(30)17-18-20(26-14-5-3-2-4-13(14)25-18)27(19(17)22)24-11-12-6-7-15(28)16(29)10-12/h2-7,10-11,28-29H,8-9,22H2,1H3,(H,23,30)/b24-11-. The van der Waals surface area contributed by atoms with Crippen molar-refractivity contribution < 1.29 is 19.7 Å². The third-order valence-electron chi connectivity index (χ3n) is 4.61. The molecule has 0 unspecified atom stereocenters. The minimum atomic E-state index is -0.416. The number of nitrogens with zero attached hydrogens (tertiary/aromatic N) is 4. The molecule has 0 radical (unpaired) electrons. The van der Waals surface area contributed by atoms with E-state index in [2.05, 4.69) is 20.4 Å². The number of nitrogens with one attached hydrogen (secondary N) is 1. The highest BCUT2D eigenvalue weighted by Crippen LogP contribution is 2.28.